The normalized spacial score (nSPS) is 15.4. The van der Waals surface area contributed by atoms with Crippen LogP contribution in [0.4, 0.5) is 5.69 Å². The van der Waals surface area contributed by atoms with E-state index in [2.05, 4.69) is 41.6 Å². The molecule has 10 nitrogen and oxygen atoms in total. The first kappa shape index (κ1) is 39.3. The summed E-state index contributed by atoms with van der Waals surface area (Å²) in [4.78, 5) is 36.8. The predicted octanol–water partition coefficient (Wildman–Crippen LogP) is 9.89. The highest BCUT2D eigenvalue weighted by Crippen LogP contribution is 2.46. The molecular weight excluding hydrogens is 769 g/mol. The number of ether oxygens (including phenoxy) is 1. The van der Waals surface area contributed by atoms with Gasteiger partial charge < -0.3 is 18.8 Å². The number of rotatable bonds is 10. The fourth-order valence-corrected chi connectivity index (χ4v) is 9.09. The quantitative estimate of drug-likeness (QED) is 0.0779. The maximum absolute atomic E-state index is 15.4. The van der Waals surface area contributed by atoms with Crippen molar-refractivity contribution in [3.05, 3.63) is 129 Å². The zero-order chi connectivity index (χ0) is 41.2. The Morgan fingerprint density at radius 2 is 1.74 bits per heavy atom. The van der Waals surface area contributed by atoms with E-state index >= 15 is 4.79 Å². The van der Waals surface area contributed by atoms with E-state index in [1.165, 1.54) is 0 Å². The first-order chi connectivity index (χ1) is 27.8. The number of amides is 2. The lowest BCUT2D eigenvalue weighted by Gasteiger charge is -2.38. The average molecular weight is 817 g/mol. The number of alkyl halides is 1. The van der Waals surface area contributed by atoms with Gasteiger partial charge in [0.15, 0.2) is 0 Å². The van der Waals surface area contributed by atoms with Crippen molar-refractivity contribution in [2.45, 2.75) is 65.5 Å². The van der Waals surface area contributed by atoms with Crippen LogP contribution in [0.3, 0.4) is 0 Å². The molecule has 298 valence electrons. The highest BCUT2D eigenvalue weighted by atomic mass is 35.5. The molecule has 1 aliphatic rings. The van der Waals surface area contributed by atoms with Crippen LogP contribution in [0.5, 0.6) is 5.75 Å². The third-order valence-corrected chi connectivity index (χ3v) is 12.8. The van der Waals surface area contributed by atoms with Gasteiger partial charge in [-0.15, -0.1) is 0 Å². The van der Waals surface area contributed by atoms with Crippen molar-refractivity contribution in [1.82, 2.24) is 28.8 Å². The Morgan fingerprint density at radius 1 is 0.983 bits per heavy atom. The van der Waals surface area contributed by atoms with Gasteiger partial charge in [-0.05, 0) is 106 Å². The van der Waals surface area contributed by atoms with Gasteiger partial charge in [0.25, 0.3) is 11.8 Å². The Hall–Kier alpha value is -5.58. The highest BCUT2D eigenvalue weighted by molar-refractivity contribution is 6.32. The molecule has 3 aromatic carbocycles. The van der Waals surface area contributed by atoms with Crippen molar-refractivity contribution >= 4 is 62.5 Å². The number of hydrogen-bond donors (Lipinski definition) is 0. The summed E-state index contributed by atoms with van der Waals surface area (Å²) in [6.45, 7) is 11.0. The minimum atomic E-state index is -0.745. The van der Waals surface area contributed by atoms with Crippen LogP contribution in [-0.4, -0.2) is 59.8 Å². The van der Waals surface area contributed by atoms with Gasteiger partial charge in [0.05, 0.1) is 29.5 Å². The Bertz CT molecular complexity index is 2730. The number of anilines is 1. The molecule has 1 aliphatic heterocycles. The number of nitrogens with zero attached hydrogens (tertiary/aromatic N) is 7. The molecule has 1 unspecified atom stereocenters. The number of fused-ring (bicyclic) bond motifs is 4. The van der Waals surface area contributed by atoms with Crippen molar-refractivity contribution in [2.75, 3.05) is 18.6 Å². The molecule has 0 saturated carbocycles. The van der Waals surface area contributed by atoms with E-state index in [9.17, 15) is 4.79 Å². The maximum atomic E-state index is 15.4. The molecule has 2 atom stereocenters. The van der Waals surface area contributed by atoms with Crippen LogP contribution in [-0.2, 0) is 27.1 Å². The average Bonchev–Trinajstić information content (AvgIpc) is 3.81. The number of benzene rings is 3. The van der Waals surface area contributed by atoms with E-state index < -0.39 is 5.50 Å². The first-order valence-electron chi connectivity index (χ1n) is 19.5. The van der Waals surface area contributed by atoms with E-state index in [4.69, 9.17) is 33.0 Å². The summed E-state index contributed by atoms with van der Waals surface area (Å²) in [7, 11) is 5.68. The molecule has 0 saturated heterocycles. The van der Waals surface area contributed by atoms with Gasteiger partial charge in [0.1, 0.15) is 16.9 Å². The molecule has 7 aromatic rings. The van der Waals surface area contributed by atoms with Crippen LogP contribution in [0.2, 0.25) is 5.02 Å². The van der Waals surface area contributed by atoms with Gasteiger partial charge in [-0.3, -0.25) is 24.2 Å². The van der Waals surface area contributed by atoms with Crippen LogP contribution in [0, 0.1) is 27.7 Å². The first-order valence-corrected chi connectivity index (χ1v) is 20.3. The molecular formula is C46H47Cl2N7O3. The number of carbonyl (C=O) groups is 2. The second kappa shape index (κ2) is 15.3. The molecule has 0 N–H and O–H groups in total. The van der Waals surface area contributed by atoms with Gasteiger partial charge >= 0.3 is 0 Å². The summed E-state index contributed by atoms with van der Waals surface area (Å²) in [6.07, 6.45) is 6.67. The molecule has 12 heteroatoms. The molecule has 0 bridgehead atoms. The zero-order valence-corrected chi connectivity index (χ0v) is 35.6. The molecule has 8 rings (SSSR count). The van der Waals surface area contributed by atoms with Crippen molar-refractivity contribution in [3.8, 4) is 16.9 Å². The third-order valence-electron chi connectivity index (χ3n) is 11.6. The third kappa shape index (κ3) is 6.62. The minimum absolute atomic E-state index is 0.136. The standard InChI is InChI=1S/C46H47Cl2N7O3/c1-26-20-33(21-27(2)41(26)47)58-19-11-15-35-34-13-9-14-36(40-28(3)50-53(8)29(40)4)42(34)54-30(5)44(48)55(46(57)43(35)54)39-25-51(6)38-17-16-32(22-37(38)39)45(56)52(7)24-31-12-10-18-49-23-31/h9-10,12-14,16-18,20-23,25,30,44H,11,15,19,24H2,1-8H3/t30-,44?/m1/s1. The van der Waals surface area contributed by atoms with Crippen molar-refractivity contribution in [2.24, 2.45) is 14.1 Å². The fourth-order valence-electron chi connectivity index (χ4n) is 8.68. The van der Waals surface area contributed by atoms with Gasteiger partial charge in [0.2, 0.25) is 0 Å². The van der Waals surface area contributed by atoms with Crippen LogP contribution in [0.1, 0.15) is 73.9 Å². The molecule has 0 radical (unpaired) electrons. The second-order valence-corrected chi connectivity index (χ2v) is 16.4. The second-order valence-electron chi connectivity index (χ2n) is 15.6. The Labute approximate surface area is 348 Å². The number of aromatic nitrogens is 5. The van der Waals surface area contributed by atoms with Gasteiger partial charge in [0, 0.05) is 90.0 Å². The molecule has 2 amide bonds. The summed E-state index contributed by atoms with van der Waals surface area (Å²) in [5.74, 6) is 0.437. The number of carbonyl (C=O) groups excluding carboxylic acids is 2. The lowest BCUT2D eigenvalue weighted by atomic mass is 9.98. The molecule has 0 aliphatic carbocycles. The lowest BCUT2D eigenvalue weighted by Crippen LogP contribution is -2.47. The summed E-state index contributed by atoms with van der Waals surface area (Å²) in [5, 5.41) is 7.26. The maximum Gasteiger partial charge on any atom is 0.276 e. The van der Waals surface area contributed by atoms with Crippen LogP contribution in [0.25, 0.3) is 32.9 Å². The van der Waals surface area contributed by atoms with Crippen molar-refractivity contribution in [3.63, 3.8) is 0 Å². The SMILES string of the molecule is Cc1cc(OCCCc2c3n(c4c(-c5c(C)nn(C)c5C)cccc24)[C@H](C)C(Cl)N(c2cn(C)c4ccc(C(=O)N(C)Cc5cccnc5)cc24)C3=O)cc(C)c1Cl. The highest BCUT2D eigenvalue weighted by Gasteiger charge is 2.42. The summed E-state index contributed by atoms with van der Waals surface area (Å²) in [6, 6.07) is 19.3. The summed E-state index contributed by atoms with van der Waals surface area (Å²) < 4.78 is 12.3. The topological polar surface area (TPSA) is 90.4 Å². The Kier molecular flexibility index (Phi) is 10.4. The lowest BCUT2D eigenvalue weighted by molar-refractivity contribution is 0.0785. The number of para-hydroxylation sites is 1. The summed E-state index contributed by atoms with van der Waals surface area (Å²) >= 11 is 13.9. The van der Waals surface area contributed by atoms with Gasteiger partial charge in [-0.25, -0.2) is 0 Å². The van der Waals surface area contributed by atoms with Crippen molar-refractivity contribution < 1.29 is 14.3 Å². The van der Waals surface area contributed by atoms with Crippen LogP contribution >= 0.6 is 23.2 Å². The molecule has 58 heavy (non-hydrogen) atoms. The molecule has 4 aromatic heterocycles. The van der Waals surface area contributed by atoms with Crippen molar-refractivity contribution in [1.29, 1.82) is 0 Å². The largest absolute Gasteiger partial charge is 0.494 e. The van der Waals surface area contributed by atoms with Crippen LogP contribution in [0.15, 0.2) is 79.3 Å². The minimum Gasteiger partial charge on any atom is -0.494 e. The predicted molar refractivity (Wildman–Crippen MR) is 232 cm³/mol. The van der Waals surface area contributed by atoms with E-state index in [-0.39, 0.29) is 17.9 Å². The van der Waals surface area contributed by atoms with E-state index in [1.54, 1.807) is 29.2 Å². The Balaban J connectivity index is 1.22. The van der Waals surface area contributed by atoms with Crippen LogP contribution < -0.4 is 9.64 Å². The van der Waals surface area contributed by atoms with Gasteiger partial charge in [-0.1, -0.05) is 47.5 Å². The molecule has 5 heterocycles. The number of aryl methyl sites for hydroxylation is 6. The van der Waals surface area contributed by atoms with E-state index in [1.807, 2.05) is 92.8 Å². The number of hydrogen-bond acceptors (Lipinski definition) is 5. The monoisotopic (exact) mass is 815 g/mol. The smallest absolute Gasteiger partial charge is 0.276 e. The fraction of sp³-hybridized carbons (Fsp3) is 0.304. The van der Waals surface area contributed by atoms with E-state index in [0.717, 1.165) is 77.3 Å². The number of pyridine rings is 1. The molecule has 0 spiro atoms. The summed E-state index contributed by atoms with van der Waals surface area (Å²) in [5.41, 5.74) is 10.7. The zero-order valence-electron chi connectivity index (χ0n) is 34.1. The number of halogens is 2. The van der Waals surface area contributed by atoms with E-state index in [0.29, 0.717) is 42.9 Å². The van der Waals surface area contributed by atoms with Gasteiger partial charge in [-0.2, -0.15) is 5.10 Å². The molecule has 0 fully saturated rings. The Morgan fingerprint density at radius 3 is 2.43 bits per heavy atom.